The van der Waals surface area contributed by atoms with Crippen LogP contribution < -0.4 is 0 Å². The molecule has 2 aromatic rings. The number of amidine groups is 1. The first-order chi connectivity index (χ1) is 13.7. The van der Waals surface area contributed by atoms with Gasteiger partial charge in [-0.2, -0.15) is 8.42 Å². The molecule has 0 bridgehead atoms. The molecule has 11 heteroatoms. The van der Waals surface area contributed by atoms with Gasteiger partial charge in [0.25, 0.3) is 21.6 Å². The second-order valence-electron chi connectivity index (χ2n) is 5.81. The van der Waals surface area contributed by atoms with Crippen LogP contribution in [0.2, 0.25) is 0 Å². The van der Waals surface area contributed by atoms with Crippen LogP contribution in [0.3, 0.4) is 0 Å². The Morgan fingerprint density at radius 3 is 2.34 bits per heavy atom. The van der Waals surface area contributed by atoms with Crippen LogP contribution in [0.1, 0.15) is 12.5 Å². The van der Waals surface area contributed by atoms with Crippen LogP contribution in [0, 0.1) is 10.1 Å². The number of benzene rings is 2. The van der Waals surface area contributed by atoms with Crippen LogP contribution >= 0.6 is 27.7 Å². The highest BCUT2D eigenvalue weighted by Crippen LogP contribution is 2.33. The first kappa shape index (κ1) is 21.2. The molecule has 0 saturated carbocycles. The molecule has 0 aromatic heterocycles. The van der Waals surface area contributed by atoms with Crippen LogP contribution in [0.15, 0.2) is 67.2 Å². The monoisotopic (exact) mass is 495 g/mol. The number of thioether (sulfide) groups is 1. The second-order valence-corrected chi connectivity index (χ2v) is 9.34. The zero-order chi connectivity index (χ0) is 21.2. The molecular formula is C18H14BrN3O5S2. The number of non-ortho nitro benzene ring substituents is 1. The SMILES string of the molecule is CCN1C(=O)/C(=C/c2ccc([N+](=O)[O-])cc2)SC1=NS(=O)(=O)c1ccc(Br)cc1. The molecule has 2 aromatic carbocycles. The Bertz CT molecular complexity index is 1130. The predicted octanol–water partition coefficient (Wildman–Crippen LogP) is 4.04. The van der Waals surface area contributed by atoms with Gasteiger partial charge >= 0.3 is 0 Å². The zero-order valence-electron chi connectivity index (χ0n) is 15.0. The van der Waals surface area contributed by atoms with Crippen molar-refractivity contribution in [2.24, 2.45) is 4.40 Å². The lowest BCUT2D eigenvalue weighted by molar-refractivity contribution is -0.384. The van der Waals surface area contributed by atoms with Gasteiger partial charge in [-0.3, -0.25) is 19.8 Å². The van der Waals surface area contributed by atoms with E-state index in [0.717, 1.165) is 16.2 Å². The van der Waals surface area contributed by atoms with Crippen LogP contribution in [-0.2, 0) is 14.8 Å². The van der Waals surface area contributed by atoms with E-state index in [1.807, 2.05) is 0 Å². The third-order valence-corrected chi connectivity index (χ3v) is 6.85. The normalized spacial score (nSPS) is 17.3. The summed E-state index contributed by atoms with van der Waals surface area (Å²) in [5, 5.41) is 10.8. The maximum Gasteiger partial charge on any atom is 0.284 e. The predicted molar refractivity (Wildman–Crippen MR) is 115 cm³/mol. The summed E-state index contributed by atoms with van der Waals surface area (Å²) in [6, 6.07) is 11.7. The Labute approximate surface area is 179 Å². The van der Waals surface area contributed by atoms with Gasteiger partial charge in [0.2, 0.25) is 0 Å². The van der Waals surface area contributed by atoms with Crippen molar-refractivity contribution in [2.75, 3.05) is 6.54 Å². The Balaban J connectivity index is 1.93. The topological polar surface area (TPSA) is 110 Å². The smallest absolute Gasteiger partial charge is 0.284 e. The summed E-state index contributed by atoms with van der Waals surface area (Å²) < 4.78 is 29.8. The van der Waals surface area contributed by atoms with Gasteiger partial charge < -0.3 is 0 Å². The third kappa shape index (κ3) is 4.74. The lowest BCUT2D eigenvalue weighted by Gasteiger charge is -2.11. The Morgan fingerprint density at radius 2 is 1.79 bits per heavy atom. The summed E-state index contributed by atoms with van der Waals surface area (Å²) in [4.78, 5) is 24.5. The highest BCUT2D eigenvalue weighted by Gasteiger charge is 2.34. The van der Waals surface area contributed by atoms with Crippen molar-refractivity contribution in [2.45, 2.75) is 11.8 Å². The second kappa shape index (κ2) is 8.47. The summed E-state index contributed by atoms with van der Waals surface area (Å²) in [5.41, 5.74) is 0.523. The Kier molecular flexibility index (Phi) is 6.20. The van der Waals surface area contributed by atoms with E-state index in [1.54, 1.807) is 25.1 Å². The molecule has 3 rings (SSSR count). The van der Waals surface area contributed by atoms with Gasteiger partial charge in [0.15, 0.2) is 5.17 Å². The van der Waals surface area contributed by atoms with Gasteiger partial charge in [-0.15, -0.1) is 4.40 Å². The molecule has 0 radical (unpaired) electrons. The van der Waals surface area contributed by atoms with E-state index in [0.29, 0.717) is 5.56 Å². The average molecular weight is 496 g/mol. The van der Waals surface area contributed by atoms with Crippen LogP contribution in [0.4, 0.5) is 5.69 Å². The lowest BCUT2D eigenvalue weighted by Crippen LogP contribution is -2.29. The lowest BCUT2D eigenvalue weighted by atomic mass is 10.2. The number of carbonyl (C=O) groups excluding carboxylic acids is 1. The summed E-state index contributed by atoms with van der Waals surface area (Å²) in [7, 11) is -3.99. The summed E-state index contributed by atoms with van der Waals surface area (Å²) in [5.74, 6) is -0.374. The first-order valence-corrected chi connectivity index (χ1v) is 11.3. The number of rotatable bonds is 5. The summed E-state index contributed by atoms with van der Waals surface area (Å²) in [6.07, 6.45) is 1.55. The molecule has 29 heavy (non-hydrogen) atoms. The van der Waals surface area contributed by atoms with Crippen molar-refractivity contribution < 1.29 is 18.1 Å². The van der Waals surface area contributed by atoms with E-state index < -0.39 is 14.9 Å². The molecule has 0 spiro atoms. The molecule has 1 amide bonds. The van der Waals surface area contributed by atoms with E-state index >= 15 is 0 Å². The largest absolute Gasteiger partial charge is 0.286 e. The minimum atomic E-state index is -3.99. The quantitative estimate of drug-likeness (QED) is 0.351. The minimum absolute atomic E-state index is 0.0186. The highest BCUT2D eigenvalue weighted by molar-refractivity contribution is 9.10. The molecular weight excluding hydrogens is 482 g/mol. The number of nitro benzene ring substituents is 1. The number of likely N-dealkylation sites (N-methyl/N-ethyl adjacent to an activating group) is 1. The van der Waals surface area contributed by atoms with Gasteiger partial charge in [-0.25, -0.2) is 0 Å². The van der Waals surface area contributed by atoms with Crippen LogP contribution in [0.25, 0.3) is 6.08 Å². The number of carbonyl (C=O) groups is 1. The maximum atomic E-state index is 12.6. The molecule has 1 aliphatic heterocycles. The standard InChI is InChI=1S/C18H14BrN3O5S2/c1-2-21-17(23)16(11-12-3-7-14(8-4-12)22(24)25)28-18(21)20-29(26,27)15-9-5-13(19)6-10-15/h3-11H,2H2,1H3/b16-11-,20-18?. The third-order valence-electron chi connectivity index (χ3n) is 3.92. The highest BCUT2D eigenvalue weighted by atomic mass is 79.9. The summed E-state index contributed by atoms with van der Waals surface area (Å²) >= 11 is 4.19. The average Bonchev–Trinajstić information content (AvgIpc) is 2.96. The maximum absolute atomic E-state index is 12.6. The Hall–Kier alpha value is -2.50. The van der Waals surface area contributed by atoms with Gasteiger partial charge in [-0.05, 0) is 66.7 Å². The molecule has 0 aliphatic carbocycles. The Morgan fingerprint density at radius 1 is 1.17 bits per heavy atom. The summed E-state index contributed by atoms with van der Waals surface area (Å²) in [6.45, 7) is 1.97. The number of amides is 1. The van der Waals surface area contributed by atoms with E-state index in [1.165, 1.54) is 41.3 Å². The van der Waals surface area contributed by atoms with E-state index in [2.05, 4.69) is 20.3 Å². The molecule has 1 heterocycles. The number of nitro groups is 1. The van der Waals surface area contributed by atoms with Crippen molar-refractivity contribution in [3.8, 4) is 0 Å². The van der Waals surface area contributed by atoms with Crippen molar-refractivity contribution in [3.05, 3.63) is 73.6 Å². The molecule has 1 fully saturated rings. The fraction of sp³-hybridized carbons (Fsp3) is 0.111. The minimum Gasteiger partial charge on any atom is -0.286 e. The van der Waals surface area contributed by atoms with Gasteiger partial charge in [0, 0.05) is 23.2 Å². The van der Waals surface area contributed by atoms with Crippen molar-refractivity contribution >= 4 is 60.6 Å². The van der Waals surface area contributed by atoms with E-state index in [9.17, 15) is 23.3 Å². The molecule has 0 unspecified atom stereocenters. The van der Waals surface area contributed by atoms with Crippen LogP contribution in [-0.4, -0.2) is 35.9 Å². The zero-order valence-corrected chi connectivity index (χ0v) is 18.2. The molecule has 8 nitrogen and oxygen atoms in total. The van der Waals surface area contributed by atoms with E-state index in [4.69, 9.17) is 0 Å². The van der Waals surface area contributed by atoms with Crippen molar-refractivity contribution in [1.29, 1.82) is 0 Å². The fourth-order valence-electron chi connectivity index (χ4n) is 2.46. The van der Waals surface area contributed by atoms with Crippen molar-refractivity contribution in [1.82, 2.24) is 4.90 Å². The number of nitrogens with zero attached hydrogens (tertiary/aromatic N) is 3. The fourth-order valence-corrected chi connectivity index (χ4v) is 4.97. The molecule has 0 N–H and O–H groups in total. The van der Waals surface area contributed by atoms with Gasteiger partial charge in [0.1, 0.15) is 0 Å². The molecule has 150 valence electrons. The number of halogens is 1. The van der Waals surface area contributed by atoms with E-state index in [-0.39, 0.29) is 33.1 Å². The molecule has 1 aliphatic rings. The number of hydrogen-bond acceptors (Lipinski definition) is 6. The number of sulfonamides is 1. The molecule has 1 saturated heterocycles. The first-order valence-electron chi connectivity index (χ1n) is 8.27. The van der Waals surface area contributed by atoms with Crippen LogP contribution in [0.5, 0.6) is 0 Å². The molecule has 0 atom stereocenters. The number of hydrogen-bond donors (Lipinski definition) is 0. The van der Waals surface area contributed by atoms with Gasteiger partial charge in [0.05, 0.1) is 14.7 Å². The van der Waals surface area contributed by atoms with Gasteiger partial charge in [-0.1, -0.05) is 15.9 Å². The van der Waals surface area contributed by atoms with Crippen molar-refractivity contribution in [3.63, 3.8) is 0 Å².